The molecule has 7 nitrogen and oxygen atoms in total. The Morgan fingerprint density at radius 1 is 1.24 bits per heavy atom. The highest BCUT2D eigenvalue weighted by Crippen LogP contribution is 1.98. The average Bonchev–Trinajstić information content (AvgIpc) is 2.45. The van der Waals surface area contributed by atoms with Crippen LogP contribution in [0, 0.1) is 0 Å². The topological polar surface area (TPSA) is 88.1 Å². The van der Waals surface area contributed by atoms with Crippen LogP contribution < -0.4 is 5.32 Å². The lowest BCUT2D eigenvalue weighted by Gasteiger charge is -2.24. The van der Waals surface area contributed by atoms with Gasteiger partial charge in [0.15, 0.2) is 0 Å². The van der Waals surface area contributed by atoms with Crippen LogP contribution in [-0.4, -0.2) is 67.6 Å². The van der Waals surface area contributed by atoms with Crippen molar-refractivity contribution in [3.8, 4) is 0 Å². The normalized spacial score (nSPS) is 11.7. The first kappa shape index (κ1) is 19.4. The van der Waals surface area contributed by atoms with Gasteiger partial charge in [0.05, 0.1) is 13.2 Å². The molecule has 0 aromatic heterocycles. The Labute approximate surface area is 125 Å². The summed E-state index contributed by atoms with van der Waals surface area (Å²) < 4.78 is 10.5. The molecule has 0 bridgehead atoms. The molecular weight excluding hydrogens is 276 g/mol. The molecule has 1 unspecified atom stereocenters. The summed E-state index contributed by atoms with van der Waals surface area (Å²) in [6.07, 6.45) is 1.63. The summed E-state index contributed by atoms with van der Waals surface area (Å²) in [7, 11) is 0. The zero-order chi connectivity index (χ0) is 16.1. The number of rotatable bonds is 12. The minimum atomic E-state index is -1.09. The van der Waals surface area contributed by atoms with Gasteiger partial charge in [-0.2, -0.15) is 0 Å². The highest BCUT2D eigenvalue weighted by molar-refractivity contribution is 5.82. The molecule has 0 spiro atoms. The van der Waals surface area contributed by atoms with Crippen LogP contribution in [0.2, 0.25) is 0 Å². The Balaban J connectivity index is 4.50. The van der Waals surface area contributed by atoms with Gasteiger partial charge in [0, 0.05) is 26.3 Å². The number of amides is 2. The molecule has 0 aliphatic carbocycles. The van der Waals surface area contributed by atoms with E-state index in [1.54, 1.807) is 0 Å². The van der Waals surface area contributed by atoms with Gasteiger partial charge in [-0.25, -0.2) is 9.59 Å². The third kappa shape index (κ3) is 9.04. The molecule has 2 amide bonds. The van der Waals surface area contributed by atoms with Gasteiger partial charge in [0.2, 0.25) is 0 Å². The summed E-state index contributed by atoms with van der Waals surface area (Å²) in [5.74, 6) is -1.09. The van der Waals surface area contributed by atoms with E-state index >= 15 is 0 Å². The zero-order valence-corrected chi connectivity index (χ0v) is 12.8. The van der Waals surface area contributed by atoms with E-state index in [-0.39, 0.29) is 6.42 Å². The lowest BCUT2D eigenvalue weighted by Crippen LogP contribution is -2.49. The second kappa shape index (κ2) is 12.2. The molecule has 0 aliphatic heterocycles. The smallest absolute Gasteiger partial charge is 0.326 e. The Hall–Kier alpha value is -1.60. The second-order valence-electron chi connectivity index (χ2n) is 4.25. The molecule has 122 valence electrons. The Morgan fingerprint density at radius 2 is 1.76 bits per heavy atom. The van der Waals surface area contributed by atoms with Gasteiger partial charge in [0.1, 0.15) is 6.04 Å². The van der Waals surface area contributed by atoms with E-state index < -0.39 is 18.0 Å². The third-order valence-corrected chi connectivity index (χ3v) is 2.70. The number of aliphatic carboxylic acids is 1. The van der Waals surface area contributed by atoms with Gasteiger partial charge in [-0.1, -0.05) is 6.08 Å². The largest absolute Gasteiger partial charge is 0.480 e. The molecule has 1 atom stereocenters. The van der Waals surface area contributed by atoms with Crippen molar-refractivity contribution in [2.45, 2.75) is 26.3 Å². The molecule has 0 radical (unpaired) electrons. The summed E-state index contributed by atoms with van der Waals surface area (Å²) in [6.45, 7) is 9.92. The van der Waals surface area contributed by atoms with E-state index in [0.717, 1.165) is 0 Å². The number of hydrogen-bond acceptors (Lipinski definition) is 4. The van der Waals surface area contributed by atoms with Crippen molar-refractivity contribution in [1.82, 2.24) is 10.2 Å². The maximum absolute atomic E-state index is 12.1. The standard InChI is InChI=1S/C14H26N2O5/c1-4-7-12(13(17)18)15-14(19)16(8-10-20-5-2)9-11-21-6-3/h4,12H,1,5-11H2,2-3H3,(H,15,19)(H,17,18). The lowest BCUT2D eigenvalue weighted by molar-refractivity contribution is -0.139. The molecule has 0 saturated carbocycles. The highest BCUT2D eigenvalue weighted by Gasteiger charge is 2.21. The van der Waals surface area contributed by atoms with Gasteiger partial charge >= 0.3 is 12.0 Å². The maximum atomic E-state index is 12.1. The number of nitrogens with zero attached hydrogens (tertiary/aromatic N) is 1. The number of ether oxygens (including phenoxy) is 2. The molecule has 7 heteroatoms. The van der Waals surface area contributed by atoms with E-state index in [4.69, 9.17) is 14.6 Å². The van der Waals surface area contributed by atoms with E-state index in [1.165, 1.54) is 11.0 Å². The fourth-order valence-electron chi connectivity index (χ4n) is 1.58. The number of hydrogen-bond donors (Lipinski definition) is 2. The van der Waals surface area contributed by atoms with Crippen LogP contribution in [0.4, 0.5) is 4.79 Å². The van der Waals surface area contributed by atoms with Crippen molar-refractivity contribution in [3.05, 3.63) is 12.7 Å². The molecule has 0 aromatic carbocycles. The van der Waals surface area contributed by atoms with Gasteiger partial charge in [-0.15, -0.1) is 6.58 Å². The minimum Gasteiger partial charge on any atom is -0.480 e. The van der Waals surface area contributed by atoms with Crippen LogP contribution >= 0.6 is 0 Å². The van der Waals surface area contributed by atoms with Gasteiger partial charge in [0.25, 0.3) is 0 Å². The molecule has 0 fully saturated rings. The third-order valence-electron chi connectivity index (χ3n) is 2.70. The SMILES string of the molecule is C=CCC(NC(=O)N(CCOCC)CCOCC)C(=O)O. The summed E-state index contributed by atoms with van der Waals surface area (Å²) in [5, 5.41) is 11.5. The molecule has 0 saturated heterocycles. The minimum absolute atomic E-state index is 0.172. The van der Waals surface area contributed by atoms with Crippen LogP contribution in [0.1, 0.15) is 20.3 Å². The first-order chi connectivity index (χ1) is 10.1. The summed E-state index contributed by atoms with van der Waals surface area (Å²) in [5.41, 5.74) is 0. The van der Waals surface area contributed by atoms with Crippen molar-refractivity contribution in [2.75, 3.05) is 39.5 Å². The van der Waals surface area contributed by atoms with Gasteiger partial charge < -0.3 is 24.8 Å². The predicted molar refractivity (Wildman–Crippen MR) is 79.3 cm³/mol. The van der Waals surface area contributed by atoms with Crippen LogP contribution in [0.3, 0.4) is 0 Å². The molecule has 21 heavy (non-hydrogen) atoms. The fraction of sp³-hybridized carbons (Fsp3) is 0.714. The molecule has 2 N–H and O–H groups in total. The van der Waals surface area contributed by atoms with Gasteiger partial charge in [-0.05, 0) is 20.3 Å². The molecular formula is C14H26N2O5. The van der Waals surface area contributed by atoms with E-state index in [9.17, 15) is 9.59 Å². The molecule has 0 aromatic rings. The number of carboxylic acid groups (broad SMARTS) is 1. The van der Waals surface area contributed by atoms with Crippen molar-refractivity contribution in [2.24, 2.45) is 0 Å². The highest BCUT2D eigenvalue weighted by atomic mass is 16.5. The number of nitrogens with one attached hydrogen (secondary N) is 1. The molecule has 0 rings (SSSR count). The van der Waals surface area contributed by atoms with Gasteiger partial charge in [-0.3, -0.25) is 0 Å². The van der Waals surface area contributed by atoms with E-state index in [2.05, 4.69) is 11.9 Å². The Bertz CT molecular complexity index is 312. The fourth-order valence-corrected chi connectivity index (χ4v) is 1.58. The van der Waals surface area contributed by atoms with Crippen LogP contribution in [0.25, 0.3) is 0 Å². The molecule has 0 heterocycles. The summed E-state index contributed by atoms with van der Waals surface area (Å²) in [6, 6.07) is -1.42. The summed E-state index contributed by atoms with van der Waals surface area (Å²) in [4.78, 5) is 24.7. The average molecular weight is 302 g/mol. The quantitative estimate of drug-likeness (QED) is 0.416. The second-order valence-corrected chi connectivity index (χ2v) is 4.25. The first-order valence-electron chi connectivity index (χ1n) is 7.11. The zero-order valence-electron chi connectivity index (χ0n) is 12.8. The summed E-state index contributed by atoms with van der Waals surface area (Å²) >= 11 is 0. The number of carbonyl (C=O) groups excluding carboxylic acids is 1. The monoisotopic (exact) mass is 302 g/mol. The van der Waals surface area contributed by atoms with E-state index in [0.29, 0.717) is 39.5 Å². The van der Waals surface area contributed by atoms with Crippen molar-refractivity contribution in [1.29, 1.82) is 0 Å². The predicted octanol–water partition coefficient (Wildman–Crippen LogP) is 1.10. The van der Waals surface area contributed by atoms with E-state index in [1.807, 2.05) is 13.8 Å². The van der Waals surface area contributed by atoms with Crippen molar-refractivity contribution >= 4 is 12.0 Å². The van der Waals surface area contributed by atoms with Crippen LogP contribution in [0.5, 0.6) is 0 Å². The number of carbonyl (C=O) groups is 2. The van der Waals surface area contributed by atoms with Crippen molar-refractivity contribution in [3.63, 3.8) is 0 Å². The maximum Gasteiger partial charge on any atom is 0.326 e. The Morgan fingerprint density at radius 3 is 2.14 bits per heavy atom. The van der Waals surface area contributed by atoms with Crippen LogP contribution in [-0.2, 0) is 14.3 Å². The van der Waals surface area contributed by atoms with Crippen LogP contribution in [0.15, 0.2) is 12.7 Å². The number of carboxylic acids is 1. The van der Waals surface area contributed by atoms with Crippen molar-refractivity contribution < 1.29 is 24.2 Å². The number of urea groups is 1. The lowest BCUT2D eigenvalue weighted by atomic mass is 10.2. The first-order valence-corrected chi connectivity index (χ1v) is 7.11. The Kier molecular flexibility index (Phi) is 11.2. The molecule has 0 aliphatic rings.